The zero-order valence-corrected chi connectivity index (χ0v) is 13.6. The van der Waals surface area contributed by atoms with Crippen molar-refractivity contribution in [2.45, 2.75) is 46.1 Å². The van der Waals surface area contributed by atoms with Crippen LogP contribution in [0.5, 0.6) is 0 Å². The van der Waals surface area contributed by atoms with Crippen molar-refractivity contribution in [3.05, 3.63) is 30.5 Å². The second kappa shape index (κ2) is 6.07. The summed E-state index contributed by atoms with van der Waals surface area (Å²) in [5.74, 6) is 1.15. The molecule has 1 aliphatic heterocycles. The van der Waals surface area contributed by atoms with E-state index in [2.05, 4.69) is 30.7 Å². The lowest BCUT2D eigenvalue weighted by Crippen LogP contribution is -2.43. The number of likely N-dealkylation sites (tertiary alicyclic amines) is 1. The fourth-order valence-corrected chi connectivity index (χ4v) is 3.37. The smallest absolute Gasteiger partial charge is 0.276 e. The topological polar surface area (TPSA) is 50.5 Å². The highest BCUT2D eigenvalue weighted by Gasteiger charge is 2.31. The molecule has 2 unspecified atom stereocenters. The molecule has 0 aromatic carbocycles. The third-order valence-corrected chi connectivity index (χ3v) is 4.76. The monoisotopic (exact) mass is 300 g/mol. The van der Waals surface area contributed by atoms with E-state index < -0.39 is 0 Å². The molecule has 5 heteroatoms. The molecule has 1 saturated heterocycles. The molecular formula is C17H24N4O. The van der Waals surface area contributed by atoms with Gasteiger partial charge < -0.3 is 9.30 Å². The van der Waals surface area contributed by atoms with Gasteiger partial charge in [0.1, 0.15) is 0 Å². The number of fused-ring (bicyclic) bond motifs is 1. The first-order valence-corrected chi connectivity index (χ1v) is 8.16. The van der Waals surface area contributed by atoms with Gasteiger partial charge in [-0.25, -0.2) is 9.97 Å². The number of nitrogens with zero attached hydrogens (tertiary/aromatic N) is 4. The first-order chi connectivity index (χ1) is 10.6. The first-order valence-electron chi connectivity index (χ1n) is 8.16. The van der Waals surface area contributed by atoms with E-state index in [-0.39, 0.29) is 11.9 Å². The van der Waals surface area contributed by atoms with Gasteiger partial charge in [-0.05, 0) is 31.1 Å². The van der Waals surface area contributed by atoms with Crippen molar-refractivity contribution in [3.63, 3.8) is 0 Å². The first kappa shape index (κ1) is 15.0. The van der Waals surface area contributed by atoms with Gasteiger partial charge >= 0.3 is 0 Å². The van der Waals surface area contributed by atoms with Crippen LogP contribution in [0.25, 0.3) is 5.65 Å². The molecule has 118 valence electrons. The van der Waals surface area contributed by atoms with Gasteiger partial charge in [0.15, 0.2) is 11.3 Å². The second-order valence-corrected chi connectivity index (χ2v) is 6.72. The summed E-state index contributed by atoms with van der Waals surface area (Å²) < 4.78 is 1.85. The number of carbonyl (C=O) groups is 1. The van der Waals surface area contributed by atoms with Crippen molar-refractivity contribution in [1.82, 2.24) is 19.3 Å². The third kappa shape index (κ3) is 2.72. The van der Waals surface area contributed by atoms with Crippen LogP contribution in [0.3, 0.4) is 0 Å². The number of hydrogen-bond donors (Lipinski definition) is 0. The minimum atomic E-state index is 0.0181. The van der Waals surface area contributed by atoms with E-state index in [1.807, 2.05) is 21.7 Å². The summed E-state index contributed by atoms with van der Waals surface area (Å²) in [5.41, 5.74) is 1.11. The van der Waals surface area contributed by atoms with E-state index in [0.717, 1.165) is 19.4 Å². The Hall–Kier alpha value is -1.91. The third-order valence-electron chi connectivity index (χ3n) is 4.76. The summed E-state index contributed by atoms with van der Waals surface area (Å²) in [4.78, 5) is 23.7. The Morgan fingerprint density at radius 1 is 1.18 bits per heavy atom. The normalized spacial score (nSPS) is 23.0. The average molecular weight is 300 g/mol. The van der Waals surface area contributed by atoms with E-state index in [1.165, 1.54) is 6.42 Å². The molecule has 2 atom stereocenters. The molecule has 0 aliphatic carbocycles. The van der Waals surface area contributed by atoms with Crippen molar-refractivity contribution in [2.24, 2.45) is 11.8 Å². The second-order valence-electron chi connectivity index (χ2n) is 6.72. The van der Waals surface area contributed by atoms with Crippen LogP contribution >= 0.6 is 0 Å². The number of imidazole rings is 1. The highest BCUT2D eigenvalue weighted by molar-refractivity contribution is 5.98. The van der Waals surface area contributed by atoms with Gasteiger partial charge in [-0.3, -0.25) is 4.79 Å². The van der Waals surface area contributed by atoms with Gasteiger partial charge in [0.05, 0.1) is 0 Å². The number of amides is 1. The van der Waals surface area contributed by atoms with Crippen LogP contribution in [0.2, 0.25) is 0 Å². The van der Waals surface area contributed by atoms with Gasteiger partial charge in [0, 0.05) is 37.4 Å². The van der Waals surface area contributed by atoms with Crippen LogP contribution in [0.1, 0.15) is 50.5 Å². The van der Waals surface area contributed by atoms with Gasteiger partial charge in [0.2, 0.25) is 0 Å². The summed E-state index contributed by atoms with van der Waals surface area (Å²) in [6, 6.07) is 0.287. The molecule has 2 aromatic heterocycles. The highest BCUT2D eigenvalue weighted by Crippen LogP contribution is 2.27. The van der Waals surface area contributed by atoms with Crippen LogP contribution in [0.15, 0.2) is 24.8 Å². The minimum absolute atomic E-state index is 0.0181. The predicted molar refractivity (Wildman–Crippen MR) is 85.7 cm³/mol. The molecular weight excluding hydrogens is 276 g/mol. The van der Waals surface area contributed by atoms with Crippen LogP contribution in [-0.4, -0.2) is 37.8 Å². The average Bonchev–Trinajstić information content (AvgIpc) is 2.89. The summed E-state index contributed by atoms with van der Waals surface area (Å²) >= 11 is 0. The zero-order chi connectivity index (χ0) is 15.7. The molecule has 1 amide bonds. The van der Waals surface area contributed by atoms with Crippen molar-refractivity contribution < 1.29 is 4.79 Å². The fraction of sp³-hybridized carbons (Fsp3) is 0.588. The molecule has 1 fully saturated rings. The zero-order valence-electron chi connectivity index (χ0n) is 13.6. The molecule has 0 bridgehead atoms. The fourth-order valence-electron chi connectivity index (χ4n) is 3.37. The van der Waals surface area contributed by atoms with E-state index >= 15 is 0 Å². The number of hydrogen-bond acceptors (Lipinski definition) is 3. The van der Waals surface area contributed by atoms with Crippen LogP contribution < -0.4 is 0 Å². The minimum Gasteiger partial charge on any atom is -0.334 e. The highest BCUT2D eigenvalue weighted by atomic mass is 16.2. The molecule has 3 heterocycles. The number of aromatic nitrogens is 3. The summed E-state index contributed by atoms with van der Waals surface area (Å²) in [6.45, 7) is 7.49. The summed E-state index contributed by atoms with van der Waals surface area (Å²) in [7, 11) is 0. The Balaban J connectivity index is 1.96. The van der Waals surface area contributed by atoms with Crippen molar-refractivity contribution in [2.75, 3.05) is 6.54 Å². The molecule has 5 nitrogen and oxygen atoms in total. The van der Waals surface area contributed by atoms with Crippen LogP contribution in [-0.2, 0) is 0 Å². The molecule has 0 radical (unpaired) electrons. The number of carbonyl (C=O) groups excluding carboxylic acids is 1. The maximum Gasteiger partial charge on any atom is 0.276 e. The molecule has 22 heavy (non-hydrogen) atoms. The Kier molecular flexibility index (Phi) is 4.14. The van der Waals surface area contributed by atoms with Crippen molar-refractivity contribution >= 4 is 11.6 Å². The SMILES string of the molecule is CC1CCC(C(C)C)N(C(=O)c2nccn3ccnc23)CC1. The Morgan fingerprint density at radius 3 is 2.64 bits per heavy atom. The number of rotatable bonds is 2. The lowest BCUT2D eigenvalue weighted by molar-refractivity contribution is 0.0626. The lowest BCUT2D eigenvalue weighted by atomic mass is 9.95. The van der Waals surface area contributed by atoms with Gasteiger partial charge in [-0.1, -0.05) is 20.8 Å². The summed E-state index contributed by atoms with van der Waals surface area (Å²) in [6.07, 6.45) is 10.4. The van der Waals surface area contributed by atoms with Gasteiger partial charge in [-0.15, -0.1) is 0 Å². The Labute approximate surface area is 131 Å². The predicted octanol–water partition coefficient (Wildman–Crippen LogP) is 3.02. The molecule has 3 rings (SSSR count). The lowest BCUT2D eigenvalue weighted by Gasteiger charge is -2.32. The standard InChI is InChI=1S/C17H24N4O/c1-12(2)14-5-4-13(3)6-9-21(14)17(22)15-16-19-8-11-20(16)10-7-18-15/h7-8,10-14H,4-6,9H2,1-3H3. The van der Waals surface area contributed by atoms with E-state index in [0.29, 0.717) is 23.2 Å². The maximum atomic E-state index is 13.1. The van der Waals surface area contributed by atoms with Crippen LogP contribution in [0, 0.1) is 11.8 Å². The molecule has 0 spiro atoms. The molecule has 2 aromatic rings. The maximum absolute atomic E-state index is 13.1. The van der Waals surface area contributed by atoms with Crippen LogP contribution in [0.4, 0.5) is 0 Å². The van der Waals surface area contributed by atoms with Gasteiger partial charge in [0.25, 0.3) is 5.91 Å². The van der Waals surface area contributed by atoms with E-state index in [1.54, 1.807) is 12.4 Å². The largest absolute Gasteiger partial charge is 0.334 e. The molecule has 0 saturated carbocycles. The van der Waals surface area contributed by atoms with Gasteiger partial charge in [-0.2, -0.15) is 0 Å². The van der Waals surface area contributed by atoms with Crippen molar-refractivity contribution in [3.8, 4) is 0 Å². The van der Waals surface area contributed by atoms with Crippen molar-refractivity contribution in [1.29, 1.82) is 0 Å². The Bertz CT molecular complexity index is 663. The summed E-state index contributed by atoms with van der Waals surface area (Å²) in [5, 5.41) is 0. The Morgan fingerprint density at radius 2 is 1.91 bits per heavy atom. The van der Waals surface area contributed by atoms with E-state index in [4.69, 9.17) is 0 Å². The van der Waals surface area contributed by atoms with E-state index in [9.17, 15) is 4.79 Å². The quantitative estimate of drug-likeness (QED) is 0.856. The molecule has 1 aliphatic rings. The molecule has 0 N–H and O–H groups in total.